The van der Waals surface area contributed by atoms with E-state index in [-0.39, 0.29) is 18.0 Å². The second-order valence-corrected chi connectivity index (χ2v) is 9.03. The van der Waals surface area contributed by atoms with Crippen molar-refractivity contribution in [2.24, 2.45) is 11.8 Å². The first-order valence-corrected chi connectivity index (χ1v) is 11.7. The topological polar surface area (TPSA) is 67.2 Å². The van der Waals surface area contributed by atoms with Crippen molar-refractivity contribution < 1.29 is 4.79 Å². The van der Waals surface area contributed by atoms with Gasteiger partial charge in [0, 0.05) is 24.0 Å². The van der Waals surface area contributed by atoms with Crippen LogP contribution in [0.3, 0.4) is 0 Å². The minimum absolute atomic E-state index is 0.0124. The van der Waals surface area contributed by atoms with Crippen molar-refractivity contribution in [2.45, 2.75) is 32.2 Å². The first-order valence-electron chi connectivity index (χ1n) is 11.7. The van der Waals surface area contributed by atoms with Crippen molar-refractivity contribution in [1.82, 2.24) is 20.0 Å². The zero-order valence-corrected chi connectivity index (χ0v) is 18.4. The number of hydrogen-bond donors (Lipinski definition) is 1. The third kappa shape index (κ3) is 4.19. The number of likely N-dealkylation sites (tertiary alicyclic amines) is 1. The molecule has 1 amide bonds. The number of amides is 1. The molecule has 2 aliphatic heterocycles. The molecule has 2 aliphatic rings. The lowest BCUT2D eigenvalue weighted by atomic mass is 9.79. The van der Waals surface area contributed by atoms with Gasteiger partial charge in [0.1, 0.15) is 6.54 Å². The van der Waals surface area contributed by atoms with E-state index in [1.165, 1.54) is 17.5 Å². The van der Waals surface area contributed by atoms with E-state index in [2.05, 4.69) is 10.4 Å². The zero-order chi connectivity index (χ0) is 21.9. The third-order valence-electron chi connectivity index (χ3n) is 7.14. The molecule has 166 valence electrons. The number of nitrogens with one attached hydrogen (secondary N) is 1. The van der Waals surface area contributed by atoms with Gasteiger partial charge in [0.15, 0.2) is 0 Å². The summed E-state index contributed by atoms with van der Waals surface area (Å²) in [6, 6.07) is 17.3. The SMILES string of the molecule is O=C(Cn1nc(-c2ccccc2)c2ccccc2c1=O)N1CCC(C2CCNCC2)CC1. The van der Waals surface area contributed by atoms with Crippen LogP contribution in [0, 0.1) is 11.8 Å². The van der Waals surface area contributed by atoms with E-state index in [9.17, 15) is 9.59 Å². The zero-order valence-electron chi connectivity index (χ0n) is 18.4. The van der Waals surface area contributed by atoms with Gasteiger partial charge in [-0.05, 0) is 56.7 Å². The number of carbonyl (C=O) groups excluding carboxylic acids is 1. The summed E-state index contributed by atoms with van der Waals surface area (Å²) in [6.07, 6.45) is 4.62. The van der Waals surface area contributed by atoms with Crippen LogP contribution in [0.1, 0.15) is 25.7 Å². The number of nitrogens with zero attached hydrogens (tertiary/aromatic N) is 3. The molecule has 0 unspecified atom stereocenters. The summed E-state index contributed by atoms with van der Waals surface area (Å²) in [7, 11) is 0. The Hall–Kier alpha value is -2.99. The molecule has 3 heterocycles. The number of rotatable bonds is 4. The number of hydrogen-bond acceptors (Lipinski definition) is 4. The average molecular weight is 431 g/mol. The number of aromatic nitrogens is 2. The maximum atomic E-state index is 13.1. The highest BCUT2D eigenvalue weighted by Gasteiger charge is 2.29. The maximum Gasteiger partial charge on any atom is 0.275 e. The molecule has 1 N–H and O–H groups in total. The van der Waals surface area contributed by atoms with Gasteiger partial charge < -0.3 is 10.2 Å². The molecule has 2 aromatic carbocycles. The molecular weight excluding hydrogens is 400 g/mol. The Kier molecular flexibility index (Phi) is 6.04. The van der Waals surface area contributed by atoms with Crippen LogP contribution in [-0.4, -0.2) is 46.8 Å². The van der Waals surface area contributed by atoms with Crippen LogP contribution >= 0.6 is 0 Å². The van der Waals surface area contributed by atoms with E-state index in [0.29, 0.717) is 11.3 Å². The van der Waals surface area contributed by atoms with E-state index < -0.39 is 0 Å². The molecule has 5 rings (SSSR count). The van der Waals surface area contributed by atoms with Crippen LogP contribution in [0.25, 0.3) is 22.0 Å². The maximum absolute atomic E-state index is 13.1. The predicted molar refractivity (Wildman–Crippen MR) is 126 cm³/mol. The first kappa shape index (κ1) is 20.9. The van der Waals surface area contributed by atoms with Crippen molar-refractivity contribution in [2.75, 3.05) is 26.2 Å². The lowest BCUT2D eigenvalue weighted by Gasteiger charge is -2.37. The highest BCUT2D eigenvalue weighted by molar-refractivity contribution is 5.93. The van der Waals surface area contributed by atoms with Gasteiger partial charge in [-0.1, -0.05) is 48.5 Å². The van der Waals surface area contributed by atoms with Gasteiger partial charge in [-0.15, -0.1) is 0 Å². The van der Waals surface area contributed by atoms with Gasteiger partial charge in [-0.25, -0.2) is 4.68 Å². The highest BCUT2D eigenvalue weighted by atomic mass is 16.2. The predicted octanol–water partition coefficient (Wildman–Crippen LogP) is 3.30. The molecule has 6 nitrogen and oxygen atoms in total. The molecule has 0 bridgehead atoms. The Morgan fingerprint density at radius 2 is 1.50 bits per heavy atom. The second-order valence-electron chi connectivity index (χ2n) is 9.03. The monoisotopic (exact) mass is 430 g/mol. The van der Waals surface area contributed by atoms with E-state index in [0.717, 1.165) is 61.6 Å². The normalized spacial score (nSPS) is 18.2. The van der Waals surface area contributed by atoms with Crippen LogP contribution in [0.2, 0.25) is 0 Å². The van der Waals surface area contributed by atoms with E-state index in [1.54, 1.807) is 0 Å². The van der Waals surface area contributed by atoms with Crippen LogP contribution in [0.5, 0.6) is 0 Å². The third-order valence-corrected chi connectivity index (χ3v) is 7.14. The summed E-state index contributed by atoms with van der Waals surface area (Å²) in [5, 5.41) is 9.49. The van der Waals surface area contributed by atoms with Gasteiger partial charge >= 0.3 is 0 Å². The highest BCUT2D eigenvalue weighted by Crippen LogP contribution is 2.31. The molecule has 2 saturated heterocycles. The van der Waals surface area contributed by atoms with Crippen molar-refractivity contribution in [3.05, 3.63) is 65.0 Å². The molecule has 1 aromatic heterocycles. The number of carbonyl (C=O) groups is 1. The van der Waals surface area contributed by atoms with Crippen LogP contribution in [-0.2, 0) is 11.3 Å². The van der Waals surface area contributed by atoms with E-state index in [4.69, 9.17) is 0 Å². The Balaban J connectivity index is 1.36. The number of fused-ring (bicyclic) bond motifs is 1. The van der Waals surface area contributed by atoms with Gasteiger partial charge in [-0.2, -0.15) is 5.10 Å². The van der Waals surface area contributed by atoms with Crippen molar-refractivity contribution >= 4 is 16.7 Å². The standard InChI is InChI=1S/C26H30N4O2/c31-24(29-16-12-20(13-17-29)19-10-14-27-15-11-19)18-30-26(32)23-9-5-4-8-22(23)25(28-30)21-6-2-1-3-7-21/h1-9,19-20,27H,10-18H2. The van der Waals surface area contributed by atoms with E-state index >= 15 is 0 Å². The lowest BCUT2D eigenvalue weighted by Crippen LogP contribution is -2.44. The van der Waals surface area contributed by atoms with Crippen LogP contribution in [0.15, 0.2) is 59.4 Å². The van der Waals surface area contributed by atoms with Crippen molar-refractivity contribution in [3.8, 4) is 11.3 Å². The van der Waals surface area contributed by atoms with Crippen molar-refractivity contribution in [1.29, 1.82) is 0 Å². The molecule has 0 radical (unpaired) electrons. The molecule has 0 spiro atoms. The first-order chi connectivity index (χ1) is 15.7. The lowest BCUT2D eigenvalue weighted by molar-refractivity contribution is -0.133. The second kappa shape index (κ2) is 9.25. The minimum atomic E-state index is -0.210. The molecule has 0 saturated carbocycles. The number of benzene rings is 2. The number of piperidine rings is 2. The largest absolute Gasteiger partial charge is 0.341 e. The van der Waals surface area contributed by atoms with Crippen LogP contribution < -0.4 is 10.9 Å². The summed E-state index contributed by atoms with van der Waals surface area (Å²) in [5.74, 6) is 1.48. The molecule has 32 heavy (non-hydrogen) atoms. The minimum Gasteiger partial charge on any atom is -0.341 e. The molecule has 3 aromatic rings. The van der Waals surface area contributed by atoms with E-state index in [1.807, 2.05) is 59.5 Å². The van der Waals surface area contributed by atoms with Crippen molar-refractivity contribution in [3.63, 3.8) is 0 Å². The smallest absolute Gasteiger partial charge is 0.275 e. The Morgan fingerprint density at radius 3 is 2.22 bits per heavy atom. The molecular formula is C26H30N4O2. The Labute approximate surface area is 188 Å². The van der Waals surface area contributed by atoms with Gasteiger partial charge in [-0.3, -0.25) is 9.59 Å². The molecule has 0 atom stereocenters. The quantitative estimate of drug-likeness (QED) is 0.690. The summed E-state index contributed by atoms with van der Waals surface area (Å²) < 4.78 is 1.35. The van der Waals surface area contributed by atoms with Gasteiger partial charge in [0.25, 0.3) is 5.56 Å². The molecule has 2 fully saturated rings. The molecule has 0 aliphatic carbocycles. The fraction of sp³-hybridized carbons (Fsp3) is 0.423. The average Bonchev–Trinajstić information content (AvgIpc) is 2.87. The molecule has 6 heteroatoms. The Morgan fingerprint density at radius 1 is 0.875 bits per heavy atom. The fourth-order valence-electron chi connectivity index (χ4n) is 5.32. The fourth-order valence-corrected chi connectivity index (χ4v) is 5.32. The summed E-state index contributed by atoms with van der Waals surface area (Å²) in [5.41, 5.74) is 1.46. The summed E-state index contributed by atoms with van der Waals surface area (Å²) >= 11 is 0. The Bertz CT molecular complexity index is 1140. The summed E-state index contributed by atoms with van der Waals surface area (Å²) in [4.78, 5) is 28.1. The van der Waals surface area contributed by atoms with Gasteiger partial charge in [0.05, 0.1) is 11.1 Å². The van der Waals surface area contributed by atoms with Gasteiger partial charge in [0.2, 0.25) is 5.91 Å². The summed E-state index contributed by atoms with van der Waals surface area (Å²) in [6.45, 7) is 3.78. The van der Waals surface area contributed by atoms with Crippen LogP contribution in [0.4, 0.5) is 0 Å².